The Kier molecular flexibility index (Phi) is 3.20. The number of furan rings is 1. The average Bonchev–Trinajstić information content (AvgIpc) is 3.23. The van der Waals surface area contributed by atoms with Crippen molar-refractivity contribution in [3.05, 3.63) is 48.4 Å². The summed E-state index contributed by atoms with van der Waals surface area (Å²) in [6.07, 6.45) is 1.65. The van der Waals surface area contributed by atoms with Gasteiger partial charge in [0.05, 0.1) is 19.5 Å². The van der Waals surface area contributed by atoms with E-state index in [4.69, 9.17) is 9.15 Å². The molecule has 0 unspecified atom stereocenters. The summed E-state index contributed by atoms with van der Waals surface area (Å²) in [6, 6.07) is 11.7. The van der Waals surface area contributed by atoms with Gasteiger partial charge in [-0.15, -0.1) is 0 Å². The average molecular weight is 296 g/mol. The van der Waals surface area contributed by atoms with E-state index in [1.54, 1.807) is 6.26 Å². The lowest BCUT2D eigenvalue weighted by molar-refractivity contribution is 0.0299. The molecule has 0 spiro atoms. The first-order chi connectivity index (χ1) is 10.8. The van der Waals surface area contributed by atoms with Crippen LogP contribution in [-0.4, -0.2) is 42.1 Å². The second-order valence-corrected chi connectivity index (χ2v) is 5.37. The van der Waals surface area contributed by atoms with E-state index in [9.17, 15) is 4.79 Å². The van der Waals surface area contributed by atoms with Gasteiger partial charge in [-0.05, 0) is 24.3 Å². The highest BCUT2D eigenvalue weighted by atomic mass is 16.5. The van der Waals surface area contributed by atoms with Gasteiger partial charge in [-0.3, -0.25) is 4.79 Å². The predicted octanol–water partition coefficient (Wildman–Crippen LogP) is 2.90. The number of nitrogens with one attached hydrogen (secondary N) is 1. The van der Waals surface area contributed by atoms with Gasteiger partial charge in [0.2, 0.25) is 0 Å². The van der Waals surface area contributed by atoms with Crippen molar-refractivity contribution in [1.82, 2.24) is 9.88 Å². The monoisotopic (exact) mass is 296 g/mol. The standard InChI is InChI=1S/C17H16N2O3/c20-17(19-5-8-21-9-6-19)15-10-12-3-4-13(11-14(12)18-15)16-2-1-7-22-16/h1-4,7,10-11,18H,5-6,8-9H2. The van der Waals surface area contributed by atoms with Crippen LogP contribution in [0.1, 0.15) is 10.5 Å². The van der Waals surface area contributed by atoms with Crippen LogP contribution in [0.4, 0.5) is 0 Å². The number of fused-ring (bicyclic) bond motifs is 1. The third-order valence-corrected chi connectivity index (χ3v) is 3.96. The summed E-state index contributed by atoms with van der Waals surface area (Å²) in [5.74, 6) is 0.844. The summed E-state index contributed by atoms with van der Waals surface area (Å²) in [5.41, 5.74) is 2.55. The molecule has 0 bridgehead atoms. The van der Waals surface area contributed by atoms with Crippen molar-refractivity contribution < 1.29 is 13.9 Å². The normalized spacial score (nSPS) is 15.4. The Labute approximate surface area is 127 Å². The fourth-order valence-corrected chi connectivity index (χ4v) is 2.78. The van der Waals surface area contributed by atoms with E-state index >= 15 is 0 Å². The number of hydrogen-bond donors (Lipinski definition) is 1. The zero-order valence-corrected chi connectivity index (χ0v) is 12.0. The van der Waals surface area contributed by atoms with Gasteiger partial charge in [-0.1, -0.05) is 12.1 Å². The minimum Gasteiger partial charge on any atom is -0.464 e. The highest BCUT2D eigenvalue weighted by molar-refractivity contribution is 5.98. The first-order valence-corrected chi connectivity index (χ1v) is 7.35. The zero-order valence-electron chi connectivity index (χ0n) is 12.0. The topological polar surface area (TPSA) is 58.5 Å². The Bertz CT molecular complexity index is 799. The zero-order chi connectivity index (χ0) is 14.9. The van der Waals surface area contributed by atoms with Crippen LogP contribution >= 0.6 is 0 Å². The Morgan fingerprint density at radius 2 is 2.00 bits per heavy atom. The lowest BCUT2D eigenvalue weighted by atomic mass is 10.1. The Morgan fingerprint density at radius 3 is 2.77 bits per heavy atom. The summed E-state index contributed by atoms with van der Waals surface area (Å²) in [6.45, 7) is 2.50. The van der Waals surface area contributed by atoms with Crippen LogP contribution in [0.25, 0.3) is 22.2 Å². The van der Waals surface area contributed by atoms with E-state index in [1.807, 2.05) is 41.3 Å². The molecule has 22 heavy (non-hydrogen) atoms. The molecule has 0 aliphatic carbocycles. The van der Waals surface area contributed by atoms with Crippen molar-refractivity contribution >= 4 is 16.8 Å². The molecular weight excluding hydrogens is 280 g/mol. The van der Waals surface area contributed by atoms with E-state index in [0.29, 0.717) is 32.0 Å². The molecule has 3 heterocycles. The maximum absolute atomic E-state index is 12.5. The van der Waals surface area contributed by atoms with Crippen molar-refractivity contribution in [2.24, 2.45) is 0 Å². The maximum Gasteiger partial charge on any atom is 0.270 e. The van der Waals surface area contributed by atoms with Gasteiger partial charge in [0.1, 0.15) is 11.5 Å². The molecule has 1 aliphatic heterocycles. The number of carbonyl (C=O) groups excluding carboxylic acids is 1. The molecule has 3 aromatic rings. The minimum absolute atomic E-state index is 0.0269. The highest BCUT2D eigenvalue weighted by Gasteiger charge is 2.20. The van der Waals surface area contributed by atoms with Crippen molar-refractivity contribution in [2.75, 3.05) is 26.3 Å². The molecule has 112 valence electrons. The molecule has 1 amide bonds. The number of benzene rings is 1. The molecule has 1 N–H and O–H groups in total. The number of amides is 1. The summed E-state index contributed by atoms with van der Waals surface area (Å²) >= 11 is 0. The Morgan fingerprint density at radius 1 is 1.14 bits per heavy atom. The first-order valence-electron chi connectivity index (χ1n) is 7.35. The number of hydrogen-bond acceptors (Lipinski definition) is 3. The molecule has 1 aliphatic rings. The third kappa shape index (κ3) is 2.29. The highest BCUT2D eigenvalue weighted by Crippen LogP contribution is 2.25. The van der Waals surface area contributed by atoms with Crippen LogP contribution in [0.15, 0.2) is 47.1 Å². The van der Waals surface area contributed by atoms with Gasteiger partial charge in [-0.25, -0.2) is 0 Å². The molecule has 5 heteroatoms. The molecule has 0 radical (unpaired) electrons. The van der Waals surface area contributed by atoms with E-state index < -0.39 is 0 Å². The number of nitrogens with zero attached hydrogens (tertiary/aromatic N) is 1. The number of aromatic amines is 1. The smallest absolute Gasteiger partial charge is 0.270 e. The SMILES string of the molecule is O=C(c1cc2ccc(-c3ccco3)cc2[nH]1)N1CCOCC1. The summed E-state index contributed by atoms with van der Waals surface area (Å²) in [5, 5.41) is 1.02. The molecule has 1 aromatic carbocycles. The van der Waals surface area contributed by atoms with Gasteiger partial charge in [0, 0.05) is 29.6 Å². The van der Waals surface area contributed by atoms with E-state index in [-0.39, 0.29) is 5.91 Å². The lowest BCUT2D eigenvalue weighted by Gasteiger charge is -2.26. The van der Waals surface area contributed by atoms with Crippen LogP contribution in [0.5, 0.6) is 0 Å². The number of ether oxygens (including phenoxy) is 1. The number of morpholine rings is 1. The third-order valence-electron chi connectivity index (χ3n) is 3.96. The van der Waals surface area contributed by atoms with Crippen LogP contribution in [0, 0.1) is 0 Å². The van der Waals surface area contributed by atoms with E-state index in [1.165, 1.54) is 0 Å². The van der Waals surface area contributed by atoms with Gasteiger partial charge >= 0.3 is 0 Å². The van der Waals surface area contributed by atoms with E-state index in [0.717, 1.165) is 22.2 Å². The van der Waals surface area contributed by atoms with Gasteiger partial charge in [-0.2, -0.15) is 0 Å². The van der Waals surface area contributed by atoms with Crippen molar-refractivity contribution in [3.8, 4) is 11.3 Å². The first kappa shape index (κ1) is 13.2. The molecule has 1 fully saturated rings. The molecule has 4 rings (SSSR count). The molecular formula is C17H16N2O3. The number of carbonyl (C=O) groups is 1. The summed E-state index contributed by atoms with van der Waals surface area (Å²) < 4.78 is 10.7. The van der Waals surface area contributed by atoms with E-state index in [2.05, 4.69) is 4.98 Å². The predicted molar refractivity (Wildman–Crippen MR) is 82.7 cm³/mol. The number of aromatic nitrogens is 1. The van der Waals surface area contributed by atoms with Crippen LogP contribution in [0.3, 0.4) is 0 Å². The van der Waals surface area contributed by atoms with Crippen LogP contribution in [-0.2, 0) is 4.74 Å². The number of rotatable bonds is 2. The lowest BCUT2D eigenvalue weighted by Crippen LogP contribution is -2.40. The second kappa shape index (κ2) is 5.35. The molecule has 2 aromatic heterocycles. The maximum atomic E-state index is 12.5. The summed E-state index contributed by atoms with van der Waals surface area (Å²) in [7, 11) is 0. The molecule has 5 nitrogen and oxygen atoms in total. The molecule has 1 saturated heterocycles. The fourth-order valence-electron chi connectivity index (χ4n) is 2.78. The van der Waals surface area contributed by atoms with Crippen molar-refractivity contribution in [1.29, 1.82) is 0 Å². The van der Waals surface area contributed by atoms with Gasteiger partial charge in [0.25, 0.3) is 5.91 Å². The van der Waals surface area contributed by atoms with Crippen molar-refractivity contribution in [3.63, 3.8) is 0 Å². The Hall–Kier alpha value is -2.53. The van der Waals surface area contributed by atoms with Crippen LogP contribution in [0.2, 0.25) is 0 Å². The van der Waals surface area contributed by atoms with Crippen LogP contribution < -0.4 is 0 Å². The second-order valence-electron chi connectivity index (χ2n) is 5.37. The van der Waals surface area contributed by atoms with Crippen molar-refractivity contribution in [2.45, 2.75) is 0 Å². The largest absolute Gasteiger partial charge is 0.464 e. The fraction of sp³-hybridized carbons (Fsp3) is 0.235. The molecule has 0 atom stereocenters. The minimum atomic E-state index is 0.0269. The Balaban J connectivity index is 1.67. The molecule has 0 saturated carbocycles. The quantitative estimate of drug-likeness (QED) is 0.791. The van der Waals surface area contributed by atoms with Gasteiger partial charge in [0.15, 0.2) is 0 Å². The number of H-pyrrole nitrogens is 1. The van der Waals surface area contributed by atoms with Gasteiger partial charge < -0.3 is 19.0 Å². The summed E-state index contributed by atoms with van der Waals surface area (Å²) in [4.78, 5) is 17.5.